The van der Waals surface area contributed by atoms with Gasteiger partial charge in [0.1, 0.15) is 28.6 Å². The summed E-state index contributed by atoms with van der Waals surface area (Å²) in [5.74, 6) is -5.72. The molecule has 7 bridgehead atoms. The summed E-state index contributed by atoms with van der Waals surface area (Å²) in [5.41, 5.74) is -0.369. The predicted octanol–water partition coefficient (Wildman–Crippen LogP) is 6.94. The van der Waals surface area contributed by atoms with E-state index in [0.29, 0.717) is 30.8 Å². The molecule has 2 saturated heterocycles. The van der Waals surface area contributed by atoms with Crippen molar-refractivity contribution in [1.82, 2.24) is 4.90 Å². The first-order valence-electron chi connectivity index (χ1n) is 23.1. The van der Waals surface area contributed by atoms with Crippen LogP contribution in [0.25, 0.3) is 10.8 Å². The fourth-order valence-corrected chi connectivity index (χ4v) is 10.6. The molecule has 1 spiro atoms. The molecule has 15 heteroatoms. The van der Waals surface area contributed by atoms with Crippen molar-refractivity contribution in [3.63, 3.8) is 0 Å². The quantitative estimate of drug-likeness (QED) is 0.208. The van der Waals surface area contributed by atoms with Gasteiger partial charge < -0.3 is 48.9 Å². The number of hydrogen-bond acceptors (Lipinski definition) is 14. The number of carbonyl (C=O) groups is 3. The number of likely N-dealkylation sites (tertiary alicyclic amines) is 1. The fourth-order valence-electron chi connectivity index (χ4n) is 10.6. The molecule has 1 amide bonds. The second-order valence-corrected chi connectivity index (χ2v) is 19.7. The summed E-state index contributed by atoms with van der Waals surface area (Å²) >= 11 is 0. The third-order valence-electron chi connectivity index (χ3n) is 13.9. The molecule has 15 nitrogen and oxygen atoms in total. The number of rotatable bonds is 5. The highest BCUT2D eigenvalue weighted by molar-refractivity contribution is 6.19. The highest BCUT2D eigenvalue weighted by Gasteiger charge is 2.51. The van der Waals surface area contributed by atoms with Crippen molar-refractivity contribution in [1.29, 1.82) is 0 Å². The van der Waals surface area contributed by atoms with Crippen molar-refractivity contribution in [2.45, 2.75) is 144 Å². The molecule has 0 aromatic heterocycles. The standard InChI is InChI=1S/C50H68N4O11/c1-14-32-33(60-13)18-23-61-49(12)46(58)36-34-35(40(56)28(6)45(36)65-49)41(57)39(38-37(34)52-50(53-38)19-21-54(22-20-50)24-25(2)3)51-47(59)27(5)17-15-16-26(4)42-29(7)43(64-48(10,11)63-42)30(8)44(32)62-31(9)55/h15-18,23,25-26,29-30,32-33,42-44,56-57H,14,19-22,24H2,1-13H3,(H,51,59)/b16-15+,23-18+,27-17-/t26-,29+,30+,32+,33-,42-,43+,44-,49-/m0/s1. The number of carbonyl (C=O) groups excluding carboxylic acids is 3. The third-order valence-corrected chi connectivity index (χ3v) is 13.9. The number of ketones is 1. The number of benzene rings is 2. The fraction of sp³-hybridized carbons (Fsp3) is 0.620. The SMILES string of the molecule is CC[C@H]1[C@@H](OC(C)=O)[C@H](C)[C@@H]2OC(C)(C)O[C@H]([C@H]2C)[C@@H](C)/C=C/C=C(/C)C(=O)Nc2c(O)c3c(O)c(C)c4c(c3c3c2=NC2(CCN(CC(C)C)CC2)N=3)C(=O)[C@@](C)(O/C=C/[C@@H]1OC)O4. The van der Waals surface area contributed by atoms with Crippen molar-refractivity contribution < 1.29 is 53.0 Å². The van der Waals surface area contributed by atoms with Gasteiger partial charge in [0.25, 0.3) is 11.7 Å². The number of fused-ring (bicyclic) bond motifs is 9. The van der Waals surface area contributed by atoms with Crippen LogP contribution in [-0.2, 0) is 33.3 Å². The van der Waals surface area contributed by atoms with Gasteiger partial charge in [-0.3, -0.25) is 24.4 Å². The molecule has 0 aliphatic carbocycles. The van der Waals surface area contributed by atoms with Crippen LogP contribution >= 0.6 is 0 Å². The highest BCUT2D eigenvalue weighted by Crippen LogP contribution is 2.50. The van der Waals surface area contributed by atoms with Gasteiger partial charge in [0, 0.05) is 93.6 Å². The molecule has 8 rings (SSSR count). The van der Waals surface area contributed by atoms with E-state index in [4.69, 9.17) is 38.4 Å². The van der Waals surface area contributed by atoms with Crippen molar-refractivity contribution >= 4 is 34.1 Å². The molecule has 354 valence electrons. The number of hydrogen-bond donors (Lipinski definition) is 3. The number of allylic oxidation sites excluding steroid dienone is 2. The first-order valence-corrected chi connectivity index (χ1v) is 23.1. The maximum Gasteiger partial charge on any atom is 0.312 e. The molecule has 6 aliphatic rings. The number of anilines is 1. The third kappa shape index (κ3) is 8.93. The van der Waals surface area contributed by atoms with Gasteiger partial charge in [-0.25, -0.2) is 0 Å². The zero-order chi connectivity index (χ0) is 47.5. The average Bonchev–Trinajstić information content (AvgIpc) is 3.74. The van der Waals surface area contributed by atoms with Gasteiger partial charge in [0.2, 0.25) is 0 Å². The van der Waals surface area contributed by atoms with Crippen molar-refractivity contribution in [3.8, 4) is 17.2 Å². The first-order chi connectivity index (χ1) is 30.6. The van der Waals surface area contributed by atoms with E-state index in [0.717, 1.165) is 19.6 Å². The Kier molecular flexibility index (Phi) is 13.4. The van der Waals surface area contributed by atoms with Gasteiger partial charge in [-0.05, 0) is 46.1 Å². The van der Waals surface area contributed by atoms with Gasteiger partial charge in [0.15, 0.2) is 17.2 Å². The molecule has 3 N–H and O–H groups in total. The first kappa shape index (κ1) is 48.1. The molecule has 2 aromatic carbocycles. The topological polar surface area (TPSA) is 187 Å². The number of amides is 1. The average molecular weight is 901 g/mol. The Morgan fingerprint density at radius 1 is 0.969 bits per heavy atom. The number of piperidine rings is 1. The number of esters is 1. The van der Waals surface area contributed by atoms with Crippen LogP contribution < -0.4 is 20.8 Å². The van der Waals surface area contributed by atoms with Gasteiger partial charge >= 0.3 is 11.8 Å². The van der Waals surface area contributed by atoms with Crippen LogP contribution in [0.5, 0.6) is 17.2 Å². The lowest BCUT2D eigenvalue weighted by atomic mass is 9.76. The van der Waals surface area contributed by atoms with Crippen molar-refractivity contribution in [3.05, 3.63) is 58.0 Å². The molecule has 6 aliphatic heterocycles. The molecule has 0 radical (unpaired) electrons. The van der Waals surface area contributed by atoms with Crippen LogP contribution in [0.4, 0.5) is 5.69 Å². The zero-order valence-electron chi connectivity index (χ0n) is 40.2. The van der Waals surface area contributed by atoms with E-state index in [1.807, 2.05) is 46.8 Å². The van der Waals surface area contributed by atoms with Crippen LogP contribution in [0.15, 0.2) is 46.1 Å². The zero-order valence-corrected chi connectivity index (χ0v) is 40.2. The van der Waals surface area contributed by atoms with Crippen molar-refractivity contribution in [2.75, 3.05) is 32.1 Å². The second-order valence-electron chi connectivity index (χ2n) is 19.7. The number of nitrogens with one attached hydrogen (secondary N) is 1. The molecule has 65 heavy (non-hydrogen) atoms. The number of methoxy groups -OCH3 is 1. The summed E-state index contributed by atoms with van der Waals surface area (Å²) in [4.78, 5) is 54.6. The van der Waals surface area contributed by atoms with Crippen molar-refractivity contribution in [2.24, 2.45) is 39.6 Å². The van der Waals surface area contributed by atoms with E-state index < -0.39 is 59.0 Å². The summed E-state index contributed by atoms with van der Waals surface area (Å²) in [6.07, 6.45) is 8.13. The largest absolute Gasteiger partial charge is 0.507 e. The summed E-state index contributed by atoms with van der Waals surface area (Å²) < 4.78 is 38.0. The molecule has 9 atom stereocenters. The highest BCUT2D eigenvalue weighted by atomic mass is 16.7. The van der Waals surface area contributed by atoms with E-state index in [1.165, 1.54) is 20.1 Å². The van der Waals surface area contributed by atoms with Crippen LogP contribution in [0.2, 0.25) is 0 Å². The summed E-state index contributed by atoms with van der Waals surface area (Å²) in [6, 6.07) is 0. The Morgan fingerprint density at radius 3 is 2.26 bits per heavy atom. The molecule has 0 saturated carbocycles. The molecule has 2 aromatic rings. The number of nitrogens with zero attached hydrogens (tertiary/aromatic N) is 3. The van der Waals surface area contributed by atoms with E-state index in [1.54, 1.807) is 33.1 Å². The van der Waals surface area contributed by atoms with Gasteiger partial charge in [0.05, 0.1) is 40.9 Å². The minimum atomic E-state index is -1.93. The summed E-state index contributed by atoms with van der Waals surface area (Å²) in [5, 5.41) is 27.6. The molecule has 0 unspecified atom stereocenters. The second kappa shape index (κ2) is 18.1. The maximum atomic E-state index is 14.9. The van der Waals surface area contributed by atoms with Gasteiger partial charge in [-0.2, -0.15) is 0 Å². The monoisotopic (exact) mass is 900 g/mol. The van der Waals surface area contributed by atoms with Crippen LogP contribution in [-0.4, -0.2) is 101 Å². The Bertz CT molecular complexity index is 2450. The minimum Gasteiger partial charge on any atom is -0.507 e. The number of phenolic OH excluding ortho intramolecular Hbond substituents is 2. The van der Waals surface area contributed by atoms with Crippen LogP contribution in [0, 0.1) is 36.5 Å². The number of phenols is 2. The Labute approximate surface area is 381 Å². The lowest BCUT2D eigenvalue weighted by Gasteiger charge is -2.50. The molecular weight excluding hydrogens is 833 g/mol. The number of aromatic hydroxyl groups is 2. The van der Waals surface area contributed by atoms with Gasteiger partial charge in [-0.15, -0.1) is 0 Å². The van der Waals surface area contributed by atoms with Gasteiger partial charge in [-0.1, -0.05) is 59.8 Å². The van der Waals surface area contributed by atoms with E-state index >= 15 is 0 Å². The maximum absolute atomic E-state index is 14.9. The van der Waals surface area contributed by atoms with E-state index in [2.05, 4.69) is 31.0 Å². The van der Waals surface area contributed by atoms with E-state index in [9.17, 15) is 24.6 Å². The number of Topliss-reactive ketones (excluding diaryl/α,β-unsaturated/α-hetero) is 1. The van der Waals surface area contributed by atoms with E-state index in [-0.39, 0.29) is 79.6 Å². The Balaban J connectivity index is 1.41. The molecule has 6 heterocycles. The van der Waals surface area contributed by atoms with Crippen LogP contribution in [0.1, 0.15) is 111 Å². The minimum absolute atomic E-state index is 0.0137. The smallest absolute Gasteiger partial charge is 0.312 e. The number of ether oxygens (including phenoxy) is 6. The predicted molar refractivity (Wildman–Crippen MR) is 244 cm³/mol. The summed E-state index contributed by atoms with van der Waals surface area (Å²) in [7, 11) is 1.56. The Morgan fingerprint density at radius 2 is 1.63 bits per heavy atom. The molecular formula is C50H68N4O11. The lowest BCUT2D eigenvalue weighted by molar-refractivity contribution is -0.336. The lowest BCUT2D eigenvalue weighted by Crippen LogP contribution is -2.56. The summed E-state index contributed by atoms with van der Waals surface area (Å²) in [6.45, 7) is 24.7. The normalized spacial score (nSPS) is 33.0. The molecule has 2 fully saturated rings. The Hall–Kier alpha value is -4.83. The van der Waals surface area contributed by atoms with Crippen LogP contribution in [0.3, 0.4) is 0 Å².